The van der Waals surface area contributed by atoms with Gasteiger partial charge in [0.15, 0.2) is 0 Å². The van der Waals surface area contributed by atoms with Crippen LogP contribution >= 0.6 is 11.3 Å². The summed E-state index contributed by atoms with van der Waals surface area (Å²) in [7, 11) is 0. The van der Waals surface area contributed by atoms with Crippen LogP contribution in [0.2, 0.25) is 0 Å². The minimum Gasteiger partial charge on any atom is -0.310 e. The van der Waals surface area contributed by atoms with Crippen molar-refractivity contribution in [2.75, 3.05) is 6.54 Å². The number of likely N-dealkylation sites (N-methyl/N-ethyl adjacent to an activating group) is 1. The van der Waals surface area contributed by atoms with Gasteiger partial charge < -0.3 is 5.32 Å². The van der Waals surface area contributed by atoms with Gasteiger partial charge in [-0.15, -0.1) is 11.3 Å². The molecule has 1 aromatic heterocycles. The van der Waals surface area contributed by atoms with Crippen molar-refractivity contribution in [1.29, 1.82) is 0 Å². The standard InChI is InChI=1S/C19H25NS/c1-4-20-19(15-11-13(2)10-14(3)12-15)17-6-5-7-18-16(17)8-9-21-18/h8-12,17,19-20H,4-7H2,1-3H3. The van der Waals surface area contributed by atoms with Crippen LogP contribution in [0.4, 0.5) is 0 Å². The molecule has 1 nitrogen and oxygen atoms in total. The zero-order valence-electron chi connectivity index (χ0n) is 13.3. The Balaban J connectivity index is 1.99. The molecule has 2 heteroatoms. The largest absolute Gasteiger partial charge is 0.310 e. The van der Waals surface area contributed by atoms with Crippen LogP contribution in [0.15, 0.2) is 29.6 Å². The van der Waals surface area contributed by atoms with E-state index in [9.17, 15) is 0 Å². The summed E-state index contributed by atoms with van der Waals surface area (Å²) >= 11 is 1.94. The minimum atomic E-state index is 0.447. The Labute approximate surface area is 132 Å². The average Bonchev–Trinajstić information content (AvgIpc) is 2.92. The molecule has 21 heavy (non-hydrogen) atoms. The summed E-state index contributed by atoms with van der Waals surface area (Å²) in [5, 5.41) is 6.03. The van der Waals surface area contributed by atoms with Gasteiger partial charge in [0, 0.05) is 16.8 Å². The number of hydrogen-bond acceptors (Lipinski definition) is 2. The van der Waals surface area contributed by atoms with Crippen LogP contribution in [0.5, 0.6) is 0 Å². The highest BCUT2D eigenvalue weighted by Crippen LogP contribution is 2.42. The van der Waals surface area contributed by atoms with Crippen LogP contribution in [0.3, 0.4) is 0 Å². The lowest BCUT2D eigenvalue weighted by atomic mass is 9.79. The molecule has 0 saturated heterocycles. The molecule has 0 aliphatic heterocycles. The molecule has 1 aromatic carbocycles. The Morgan fingerprint density at radius 2 is 2.00 bits per heavy atom. The third-order valence-corrected chi connectivity index (χ3v) is 5.52. The predicted octanol–water partition coefficient (Wildman–Crippen LogP) is 5.14. The van der Waals surface area contributed by atoms with E-state index in [0.29, 0.717) is 12.0 Å². The van der Waals surface area contributed by atoms with E-state index in [1.54, 1.807) is 10.4 Å². The maximum atomic E-state index is 3.76. The Morgan fingerprint density at radius 3 is 2.71 bits per heavy atom. The molecule has 1 aliphatic rings. The van der Waals surface area contributed by atoms with Crippen LogP contribution in [0.1, 0.15) is 58.9 Å². The lowest BCUT2D eigenvalue weighted by molar-refractivity contribution is 0.411. The Morgan fingerprint density at radius 1 is 1.24 bits per heavy atom. The quantitative estimate of drug-likeness (QED) is 0.824. The van der Waals surface area contributed by atoms with Gasteiger partial charge in [-0.05, 0) is 62.2 Å². The molecule has 0 spiro atoms. The molecule has 0 amide bonds. The van der Waals surface area contributed by atoms with E-state index in [1.165, 1.54) is 36.0 Å². The first kappa shape index (κ1) is 14.8. The summed E-state index contributed by atoms with van der Waals surface area (Å²) in [6.45, 7) is 7.65. The molecule has 2 unspecified atom stereocenters. The fourth-order valence-electron chi connectivity index (χ4n) is 3.77. The molecule has 0 radical (unpaired) electrons. The van der Waals surface area contributed by atoms with Crippen molar-refractivity contribution in [3.63, 3.8) is 0 Å². The smallest absolute Gasteiger partial charge is 0.0390 e. The topological polar surface area (TPSA) is 12.0 Å². The van der Waals surface area contributed by atoms with Crippen molar-refractivity contribution in [2.24, 2.45) is 0 Å². The number of aryl methyl sites for hydroxylation is 3. The van der Waals surface area contributed by atoms with Crippen LogP contribution in [0, 0.1) is 13.8 Å². The number of nitrogens with one attached hydrogen (secondary N) is 1. The number of fused-ring (bicyclic) bond motifs is 1. The molecule has 3 rings (SSSR count). The third kappa shape index (κ3) is 3.07. The molecule has 1 heterocycles. The maximum absolute atomic E-state index is 3.76. The molecule has 0 bridgehead atoms. The van der Waals surface area contributed by atoms with Crippen molar-refractivity contribution < 1.29 is 0 Å². The molecule has 0 fully saturated rings. The van der Waals surface area contributed by atoms with Crippen molar-refractivity contribution in [3.05, 3.63) is 56.8 Å². The second kappa shape index (κ2) is 6.33. The highest BCUT2D eigenvalue weighted by Gasteiger charge is 2.29. The summed E-state index contributed by atoms with van der Waals surface area (Å²) in [6, 6.07) is 9.80. The minimum absolute atomic E-state index is 0.447. The molecule has 1 N–H and O–H groups in total. The molecule has 1 aliphatic carbocycles. The van der Waals surface area contributed by atoms with E-state index < -0.39 is 0 Å². The zero-order valence-corrected chi connectivity index (χ0v) is 14.1. The molecule has 0 saturated carbocycles. The van der Waals surface area contributed by atoms with Crippen LogP contribution < -0.4 is 5.32 Å². The lowest BCUT2D eigenvalue weighted by Crippen LogP contribution is -2.29. The van der Waals surface area contributed by atoms with Gasteiger partial charge >= 0.3 is 0 Å². The zero-order chi connectivity index (χ0) is 14.8. The highest BCUT2D eigenvalue weighted by molar-refractivity contribution is 7.10. The molecular formula is C19H25NS. The number of hydrogen-bond donors (Lipinski definition) is 1. The molecular weight excluding hydrogens is 274 g/mol. The Kier molecular flexibility index (Phi) is 4.46. The van der Waals surface area contributed by atoms with Gasteiger partial charge in [0.1, 0.15) is 0 Å². The van der Waals surface area contributed by atoms with Crippen molar-refractivity contribution in [1.82, 2.24) is 5.32 Å². The van der Waals surface area contributed by atoms with Gasteiger partial charge in [0.25, 0.3) is 0 Å². The first-order valence-corrected chi connectivity index (χ1v) is 8.95. The van der Waals surface area contributed by atoms with Gasteiger partial charge in [-0.25, -0.2) is 0 Å². The average molecular weight is 299 g/mol. The molecule has 2 aromatic rings. The van der Waals surface area contributed by atoms with Gasteiger partial charge in [0.2, 0.25) is 0 Å². The predicted molar refractivity (Wildman–Crippen MR) is 92.3 cm³/mol. The maximum Gasteiger partial charge on any atom is 0.0390 e. The Hall–Kier alpha value is -1.12. The van der Waals surface area contributed by atoms with E-state index in [0.717, 1.165) is 6.54 Å². The number of rotatable bonds is 4. The van der Waals surface area contributed by atoms with Crippen LogP contribution in [-0.4, -0.2) is 6.54 Å². The summed E-state index contributed by atoms with van der Waals surface area (Å²) in [6.07, 6.45) is 3.90. The fourth-order valence-corrected chi connectivity index (χ4v) is 4.77. The molecule has 112 valence electrons. The number of benzene rings is 1. The summed E-state index contributed by atoms with van der Waals surface area (Å²) in [5.74, 6) is 0.626. The fraction of sp³-hybridized carbons (Fsp3) is 0.474. The van der Waals surface area contributed by atoms with E-state index >= 15 is 0 Å². The van der Waals surface area contributed by atoms with Crippen molar-refractivity contribution in [3.8, 4) is 0 Å². The summed E-state index contributed by atoms with van der Waals surface area (Å²) in [4.78, 5) is 1.61. The second-order valence-electron chi connectivity index (χ2n) is 6.25. The monoisotopic (exact) mass is 299 g/mol. The van der Waals surface area contributed by atoms with Crippen LogP contribution in [-0.2, 0) is 6.42 Å². The van der Waals surface area contributed by atoms with Gasteiger partial charge in [-0.2, -0.15) is 0 Å². The summed E-state index contributed by atoms with van der Waals surface area (Å²) < 4.78 is 0. The first-order chi connectivity index (χ1) is 10.2. The molecule has 2 atom stereocenters. The lowest BCUT2D eigenvalue weighted by Gasteiger charge is -2.32. The van der Waals surface area contributed by atoms with Gasteiger partial charge in [-0.3, -0.25) is 0 Å². The highest BCUT2D eigenvalue weighted by atomic mass is 32.1. The second-order valence-corrected chi connectivity index (χ2v) is 7.25. The van der Waals surface area contributed by atoms with E-state index in [2.05, 4.69) is 55.7 Å². The van der Waals surface area contributed by atoms with Crippen molar-refractivity contribution in [2.45, 2.75) is 52.0 Å². The van der Waals surface area contributed by atoms with Gasteiger partial charge in [0.05, 0.1) is 0 Å². The normalized spacial score (nSPS) is 19.3. The van der Waals surface area contributed by atoms with Gasteiger partial charge in [-0.1, -0.05) is 36.2 Å². The SMILES string of the molecule is CCNC(c1cc(C)cc(C)c1)C1CCCc2sccc21. The van der Waals surface area contributed by atoms with Crippen molar-refractivity contribution >= 4 is 11.3 Å². The number of thiophene rings is 1. The Bertz CT molecular complexity index is 594. The summed E-state index contributed by atoms with van der Waals surface area (Å²) in [5.41, 5.74) is 5.79. The van der Waals surface area contributed by atoms with E-state index in [1.807, 2.05) is 11.3 Å². The van der Waals surface area contributed by atoms with Crippen LogP contribution in [0.25, 0.3) is 0 Å². The van der Waals surface area contributed by atoms with E-state index in [4.69, 9.17) is 0 Å². The first-order valence-electron chi connectivity index (χ1n) is 8.07. The van der Waals surface area contributed by atoms with E-state index in [-0.39, 0.29) is 0 Å². The third-order valence-electron chi connectivity index (χ3n) is 4.53.